The Hall–Kier alpha value is -0.210. The molecule has 0 aromatic heterocycles. The molecule has 1 atom stereocenters. The number of alkyl halides is 1. The van der Waals surface area contributed by atoms with Crippen LogP contribution in [0, 0.1) is 6.92 Å². The van der Waals surface area contributed by atoms with E-state index in [1.807, 2.05) is 32.0 Å². The van der Waals surface area contributed by atoms with Crippen LogP contribution in [0.2, 0.25) is 5.02 Å². The van der Waals surface area contributed by atoms with Gasteiger partial charge in [-0.3, -0.25) is 0 Å². The van der Waals surface area contributed by atoms with E-state index in [-0.39, 0.29) is 6.10 Å². The Bertz CT molecular complexity index is 301. The predicted octanol–water partition coefficient (Wildman–Crippen LogP) is 4.20. The van der Waals surface area contributed by atoms with Crippen LogP contribution in [0.1, 0.15) is 18.9 Å². The molecule has 0 N–H and O–H groups in total. The third kappa shape index (κ3) is 3.50. The molecule has 0 aliphatic carbocycles. The largest absolute Gasteiger partial charge is 0.489 e. The first-order valence-corrected chi connectivity index (χ1v) is 6.12. The van der Waals surface area contributed by atoms with Gasteiger partial charge in [-0.25, -0.2) is 0 Å². The SMILES string of the molecule is Cc1ccc(Cl)c(OC(C)CCBr)c1. The number of benzene rings is 1. The molecule has 0 saturated carbocycles. The first-order chi connectivity index (χ1) is 6.63. The lowest BCUT2D eigenvalue weighted by molar-refractivity contribution is 0.219. The van der Waals surface area contributed by atoms with Crippen LogP contribution in [0.4, 0.5) is 0 Å². The fraction of sp³-hybridized carbons (Fsp3) is 0.455. The lowest BCUT2D eigenvalue weighted by atomic mass is 10.2. The van der Waals surface area contributed by atoms with Crippen molar-refractivity contribution in [2.24, 2.45) is 0 Å². The van der Waals surface area contributed by atoms with Gasteiger partial charge in [0.15, 0.2) is 0 Å². The van der Waals surface area contributed by atoms with Gasteiger partial charge in [0, 0.05) is 5.33 Å². The zero-order valence-electron chi connectivity index (χ0n) is 8.39. The van der Waals surface area contributed by atoms with Crippen LogP contribution in [-0.4, -0.2) is 11.4 Å². The van der Waals surface area contributed by atoms with Gasteiger partial charge in [0.2, 0.25) is 0 Å². The summed E-state index contributed by atoms with van der Waals surface area (Å²) in [6.07, 6.45) is 1.17. The summed E-state index contributed by atoms with van der Waals surface area (Å²) in [4.78, 5) is 0. The van der Waals surface area contributed by atoms with Crippen molar-refractivity contribution < 1.29 is 4.74 Å². The molecule has 3 heteroatoms. The van der Waals surface area contributed by atoms with Crippen LogP contribution in [0.5, 0.6) is 5.75 Å². The van der Waals surface area contributed by atoms with Crippen molar-refractivity contribution in [1.82, 2.24) is 0 Å². The fourth-order valence-corrected chi connectivity index (χ4v) is 1.94. The monoisotopic (exact) mass is 276 g/mol. The summed E-state index contributed by atoms with van der Waals surface area (Å²) in [5.74, 6) is 0.778. The Morgan fingerprint density at radius 2 is 2.21 bits per heavy atom. The van der Waals surface area contributed by atoms with Crippen LogP contribution in [0.15, 0.2) is 18.2 Å². The summed E-state index contributed by atoms with van der Waals surface area (Å²) in [5.41, 5.74) is 1.16. The third-order valence-electron chi connectivity index (χ3n) is 1.93. The quantitative estimate of drug-likeness (QED) is 0.750. The molecule has 1 nitrogen and oxygen atoms in total. The predicted molar refractivity (Wildman–Crippen MR) is 64.7 cm³/mol. The third-order valence-corrected chi connectivity index (χ3v) is 2.70. The molecule has 14 heavy (non-hydrogen) atoms. The van der Waals surface area contributed by atoms with Crippen molar-refractivity contribution in [3.8, 4) is 5.75 Å². The second-order valence-electron chi connectivity index (χ2n) is 3.34. The summed E-state index contributed by atoms with van der Waals surface area (Å²) < 4.78 is 5.70. The van der Waals surface area contributed by atoms with E-state index in [2.05, 4.69) is 15.9 Å². The second-order valence-corrected chi connectivity index (χ2v) is 4.54. The number of aryl methyl sites for hydroxylation is 1. The average Bonchev–Trinajstić information content (AvgIpc) is 2.12. The van der Waals surface area contributed by atoms with Gasteiger partial charge in [0.25, 0.3) is 0 Å². The summed E-state index contributed by atoms with van der Waals surface area (Å²) in [6, 6.07) is 5.81. The molecule has 0 heterocycles. The fourth-order valence-electron chi connectivity index (χ4n) is 1.13. The maximum Gasteiger partial charge on any atom is 0.138 e. The van der Waals surface area contributed by atoms with E-state index in [4.69, 9.17) is 16.3 Å². The zero-order valence-corrected chi connectivity index (χ0v) is 10.7. The highest BCUT2D eigenvalue weighted by molar-refractivity contribution is 9.09. The highest BCUT2D eigenvalue weighted by Crippen LogP contribution is 2.26. The summed E-state index contributed by atoms with van der Waals surface area (Å²) in [7, 11) is 0. The van der Waals surface area contributed by atoms with Gasteiger partial charge in [-0.2, -0.15) is 0 Å². The molecule has 1 aromatic rings. The lowest BCUT2D eigenvalue weighted by Gasteiger charge is -2.14. The minimum atomic E-state index is 0.189. The molecule has 0 aliphatic rings. The van der Waals surface area contributed by atoms with Crippen LogP contribution in [-0.2, 0) is 0 Å². The number of halogens is 2. The molecule has 78 valence electrons. The van der Waals surface area contributed by atoms with Gasteiger partial charge < -0.3 is 4.74 Å². The van der Waals surface area contributed by atoms with E-state index >= 15 is 0 Å². The molecule has 0 spiro atoms. The number of hydrogen-bond donors (Lipinski definition) is 0. The Balaban J connectivity index is 2.70. The maximum atomic E-state index is 6.00. The minimum Gasteiger partial charge on any atom is -0.489 e. The highest BCUT2D eigenvalue weighted by Gasteiger charge is 2.06. The minimum absolute atomic E-state index is 0.189. The Kier molecular flexibility index (Phi) is 4.76. The Labute approximate surface area is 98.5 Å². The van der Waals surface area contributed by atoms with E-state index in [0.717, 1.165) is 23.1 Å². The van der Waals surface area contributed by atoms with Gasteiger partial charge in [-0.15, -0.1) is 0 Å². The van der Waals surface area contributed by atoms with Crippen LogP contribution in [0.25, 0.3) is 0 Å². The second kappa shape index (κ2) is 5.62. The first-order valence-electron chi connectivity index (χ1n) is 4.62. The van der Waals surface area contributed by atoms with Gasteiger partial charge >= 0.3 is 0 Å². The molecule has 0 fully saturated rings. The Morgan fingerprint density at radius 3 is 2.86 bits per heavy atom. The van der Waals surface area contributed by atoms with Crippen molar-refractivity contribution in [1.29, 1.82) is 0 Å². The van der Waals surface area contributed by atoms with E-state index in [0.29, 0.717) is 5.02 Å². The van der Waals surface area contributed by atoms with Crippen molar-refractivity contribution >= 4 is 27.5 Å². The van der Waals surface area contributed by atoms with Gasteiger partial charge in [0.1, 0.15) is 5.75 Å². The van der Waals surface area contributed by atoms with E-state index in [9.17, 15) is 0 Å². The molecular formula is C11H14BrClO. The molecule has 0 amide bonds. The van der Waals surface area contributed by atoms with E-state index in [1.165, 1.54) is 0 Å². The summed E-state index contributed by atoms with van der Waals surface area (Å²) in [5, 5.41) is 1.62. The molecule has 0 aliphatic heterocycles. The van der Waals surface area contributed by atoms with Crippen molar-refractivity contribution in [3.05, 3.63) is 28.8 Å². The Morgan fingerprint density at radius 1 is 1.50 bits per heavy atom. The lowest BCUT2D eigenvalue weighted by Crippen LogP contribution is -2.12. The van der Waals surface area contributed by atoms with Gasteiger partial charge in [-0.1, -0.05) is 33.6 Å². The first kappa shape index (κ1) is 11.9. The molecule has 1 unspecified atom stereocenters. The van der Waals surface area contributed by atoms with Crippen molar-refractivity contribution in [3.63, 3.8) is 0 Å². The summed E-state index contributed by atoms with van der Waals surface area (Å²) >= 11 is 9.39. The molecule has 0 radical (unpaired) electrons. The van der Waals surface area contributed by atoms with Crippen LogP contribution >= 0.6 is 27.5 Å². The highest BCUT2D eigenvalue weighted by atomic mass is 79.9. The molecule has 1 aromatic carbocycles. The standard InChI is InChI=1S/C11H14BrClO/c1-8-3-4-10(13)11(7-8)14-9(2)5-6-12/h3-4,7,9H,5-6H2,1-2H3. The number of ether oxygens (including phenoxy) is 1. The van der Waals surface area contributed by atoms with E-state index < -0.39 is 0 Å². The molecular weight excluding hydrogens is 263 g/mol. The number of rotatable bonds is 4. The maximum absolute atomic E-state index is 6.00. The zero-order chi connectivity index (χ0) is 10.6. The van der Waals surface area contributed by atoms with Crippen molar-refractivity contribution in [2.75, 3.05) is 5.33 Å². The average molecular weight is 278 g/mol. The topological polar surface area (TPSA) is 9.23 Å². The molecule has 0 saturated heterocycles. The van der Waals surface area contributed by atoms with Crippen LogP contribution in [0.3, 0.4) is 0 Å². The summed E-state index contributed by atoms with van der Waals surface area (Å²) in [6.45, 7) is 4.07. The van der Waals surface area contributed by atoms with Crippen molar-refractivity contribution in [2.45, 2.75) is 26.4 Å². The molecule has 1 rings (SSSR count). The smallest absolute Gasteiger partial charge is 0.138 e. The van der Waals surface area contributed by atoms with E-state index in [1.54, 1.807) is 0 Å². The number of hydrogen-bond acceptors (Lipinski definition) is 1. The van der Waals surface area contributed by atoms with Gasteiger partial charge in [-0.05, 0) is 38.0 Å². The van der Waals surface area contributed by atoms with Crippen LogP contribution < -0.4 is 4.74 Å². The van der Waals surface area contributed by atoms with Gasteiger partial charge in [0.05, 0.1) is 11.1 Å². The molecule has 0 bridgehead atoms. The normalized spacial score (nSPS) is 12.6.